The first-order chi connectivity index (χ1) is 9.07. The Bertz CT molecular complexity index is 531. The lowest BCUT2D eigenvalue weighted by Gasteiger charge is -2.29. The first kappa shape index (κ1) is 14.2. The lowest BCUT2D eigenvalue weighted by molar-refractivity contribution is -0.124. The number of anilines is 1. The maximum absolute atomic E-state index is 12.3. The minimum absolute atomic E-state index is 0.243. The van der Waals surface area contributed by atoms with Crippen LogP contribution in [0.5, 0.6) is 0 Å². The Hall–Kier alpha value is -1.24. The standard InChI is InChI=1S/C14H14Cl2N2O/c15-11-5-4-10(8-12(11)16)18-13(19)14(9-17)6-2-1-3-7-14/h4-5,8H,1-3,6-7H2,(H,18,19). The molecule has 1 amide bonds. The Kier molecular flexibility index (Phi) is 4.34. The van der Waals surface area contributed by atoms with E-state index in [-0.39, 0.29) is 5.91 Å². The molecule has 1 aromatic carbocycles. The molecule has 1 aliphatic carbocycles. The topological polar surface area (TPSA) is 52.9 Å². The van der Waals surface area contributed by atoms with Crippen LogP contribution in [0.25, 0.3) is 0 Å². The minimum Gasteiger partial charge on any atom is -0.325 e. The Labute approximate surface area is 122 Å². The molecule has 1 fully saturated rings. The van der Waals surface area contributed by atoms with Crippen molar-refractivity contribution in [3.8, 4) is 6.07 Å². The van der Waals surface area contributed by atoms with Gasteiger partial charge in [-0.2, -0.15) is 5.26 Å². The molecule has 0 radical (unpaired) electrons. The van der Waals surface area contributed by atoms with Gasteiger partial charge in [-0.05, 0) is 31.0 Å². The van der Waals surface area contributed by atoms with Gasteiger partial charge in [-0.25, -0.2) is 0 Å². The van der Waals surface area contributed by atoms with Crippen molar-refractivity contribution in [2.24, 2.45) is 5.41 Å². The number of halogens is 2. The maximum atomic E-state index is 12.3. The molecule has 0 bridgehead atoms. The Morgan fingerprint density at radius 3 is 2.47 bits per heavy atom. The normalized spacial score (nSPS) is 17.5. The third-order valence-corrected chi connectivity index (χ3v) is 4.27. The van der Waals surface area contributed by atoms with Crippen LogP contribution in [0, 0.1) is 16.7 Å². The van der Waals surface area contributed by atoms with Crippen molar-refractivity contribution in [2.75, 3.05) is 5.32 Å². The van der Waals surface area contributed by atoms with Gasteiger partial charge in [-0.1, -0.05) is 42.5 Å². The second kappa shape index (κ2) is 5.81. The highest BCUT2D eigenvalue weighted by Gasteiger charge is 2.39. The Morgan fingerprint density at radius 1 is 1.21 bits per heavy atom. The van der Waals surface area contributed by atoms with Crippen molar-refractivity contribution in [1.29, 1.82) is 5.26 Å². The summed E-state index contributed by atoms with van der Waals surface area (Å²) in [5.41, 5.74) is -0.329. The number of rotatable bonds is 2. The van der Waals surface area contributed by atoms with Crippen molar-refractivity contribution < 1.29 is 4.79 Å². The average Bonchev–Trinajstić information content (AvgIpc) is 2.43. The number of carbonyl (C=O) groups excluding carboxylic acids is 1. The van der Waals surface area contributed by atoms with E-state index in [1.807, 2.05) is 0 Å². The molecule has 1 N–H and O–H groups in total. The molecule has 0 unspecified atom stereocenters. The molecule has 3 nitrogen and oxygen atoms in total. The van der Waals surface area contributed by atoms with Gasteiger partial charge in [0.15, 0.2) is 0 Å². The van der Waals surface area contributed by atoms with Gasteiger partial charge >= 0.3 is 0 Å². The van der Waals surface area contributed by atoms with E-state index in [2.05, 4.69) is 11.4 Å². The first-order valence-electron chi connectivity index (χ1n) is 6.25. The van der Waals surface area contributed by atoms with Gasteiger partial charge < -0.3 is 5.32 Å². The number of nitrogens with one attached hydrogen (secondary N) is 1. The molecule has 5 heteroatoms. The molecule has 0 saturated heterocycles. The summed E-state index contributed by atoms with van der Waals surface area (Å²) in [6, 6.07) is 7.09. The van der Waals surface area contributed by atoms with E-state index < -0.39 is 5.41 Å². The van der Waals surface area contributed by atoms with Crippen molar-refractivity contribution in [1.82, 2.24) is 0 Å². The van der Waals surface area contributed by atoms with Crippen LogP contribution in [0.15, 0.2) is 18.2 Å². The fraction of sp³-hybridized carbons (Fsp3) is 0.429. The Morgan fingerprint density at radius 2 is 1.89 bits per heavy atom. The second-order valence-corrected chi connectivity index (χ2v) is 5.65. The molecular weight excluding hydrogens is 283 g/mol. The van der Waals surface area contributed by atoms with Crippen LogP contribution in [-0.2, 0) is 4.79 Å². The molecule has 0 atom stereocenters. The molecule has 1 saturated carbocycles. The van der Waals surface area contributed by atoms with Crippen LogP contribution in [-0.4, -0.2) is 5.91 Å². The van der Waals surface area contributed by atoms with E-state index in [9.17, 15) is 10.1 Å². The quantitative estimate of drug-likeness (QED) is 0.879. The number of carbonyl (C=O) groups is 1. The van der Waals surface area contributed by atoms with E-state index in [4.69, 9.17) is 23.2 Å². The van der Waals surface area contributed by atoms with Gasteiger partial charge in [0.2, 0.25) is 5.91 Å². The fourth-order valence-electron chi connectivity index (χ4n) is 2.37. The van der Waals surface area contributed by atoms with Crippen molar-refractivity contribution in [3.05, 3.63) is 28.2 Å². The number of nitriles is 1. The molecule has 19 heavy (non-hydrogen) atoms. The van der Waals surface area contributed by atoms with E-state index in [1.165, 1.54) is 0 Å². The minimum atomic E-state index is -0.898. The summed E-state index contributed by atoms with van der Waals surface area (Å²) in [5.74, 6) is -0.243. The van der Waals surface area contributed by atoms with E-state index >= 15 is 0 Å². The van der Waals surface area contributed by atoms with Gasteiger partial charge in [-0.3, -0.25) is 4.79 Å². The lowest BCUT2D eigenvalue weighted by atomic mass is 9.74. The van der Waals surface area contributed by atoms with E-state index in [0.29, 0.717) is 28.6 Å². The van der Waals surface area contributed by atoms with E-state index in [1.54, 1.807) is 18.2 Å². The smallest absolute Gasteiger partial charge is 0.244 e. The highest BCUT2D eigenvalue weighted by molar-refractivity contribution is 6.42. The van der Waals surface area contributed by atoms with Crippen LogP contribution in [0.2, 0.25) is 10.0 Å². The first-order valence-corrected chi connectivity index (χ1v) is 7.01. The van der Waals surface area contributed by atoms with Gasteiger partial charge in [0.05, 0.1) is 16.1 Å². The molecule has 1 aromatic rings. The van der Waals surface area contributed by atoms with Crippen molar-refractivity contribution >= 4 is 34.8 Å². The zero-order valence-corrected chi connectivity index (χ0v) is 11.9. The monoisotopic (exact) mass is 296 g/mol. The number of hydrogen-bond donors (Lipinski definition) is 1. The third kappa shape index (κ3) is 3.02. The molecular formula is C14H14Cl2N2O. The molecule has 0 heterocycles. The third-order valence-electron chi connectivity index (χ3n) is 3.53. The van der Waals surface area contributed by atoms with Gasteiger partial charge in [0.25, 0.3) is 0 Å². The number of nitrogens with zero attached hydrogens (tertiary/aromatic N) is 1. The summed E-state index contributed by atoms with van der Waals surface area (Å²) in [7, 11) is 0. The van der Waals surface area contributed by atoms with Crippen molar-refractivity contribution in [2.45, 2.75) is 32.1 Å². The zero-order chi connectivity index (χ0) is 13.9. The molecule has 0 aliphatic heterocycles. The largest absolute Gasteiger partial charge is 0.325 e. The molecule has 100 valence electrons. The predicted molar refractivity (Wildman–Crippen MR) is 76.2 cm³/mol. The van der Waals surface area contributed by atoms with Crippen LogP contribution >= 0.6 is 23.2 Å². The van der Waals surface area contributed by atoms with Gasteiger partial charge in [-0.15, -0.1) is 0 Å². The summed E-state index contributed by atoms with van der Waals surface area (Å²) >= 11 is 11.7. The summed E-state index contributed by atoms with van der Waals surface area (Å²) in [6.45, 7) is 0. The summed E-state index contributed by atoms with van der Waals surface area (Å²) in [6.07, 6.45) is 4.17. The van der Waals surface area contributed by atoms with Crippen LogP contribution in [0.1, 0.15) is 32.1 Å². The predicted octanol–water partition coefficient (Wildman–Crippen LogP) is 4.41. The summed E-state index contributed by atoms with van der Waals surface area (Å²) < 4.78 is 0. The van der Waals surface area contributed by atoms with Crippen LogP contribution in [0.4, 0.5) is 5.69 Å². The van der Waals surface area contributed by atoms with Crippen molar-refractivity contribution in [3.63, 3.8) is 0 Å². The molecule has 0 aromatic heterocycles. The molecule has 2 rings (SSSR count). The summed E-state index contributed by atoms with van der Waals surface area (Å²) in [4.78, 5) is 12.3. The fourth-order valence-corrected chi connectivity index (χ4v) is 2.67. The Balaban J connectivity index is 2.15. The SMILES string of the molecule is N#CC1(C(=O)Nc2ccc(Cl)c(Cl)c2)CCCCC1. The van der Waals surface area contributed by atoms with Crippen LogP contribution < -0.4 is 5.32 Å². The number of hydrogen-bond acceptors (Lipinski definition) is 2. The van der Waals surface area contributed by atoms with E-state index in [0.717, 1.165) is 19.3 Å². The molecule has 1 aliphatic rings. The van der Waals surface area contributed by atoms with Gasteiger partial charge in [0, 0.05) is 5.69 Å². The lowest BCUT2D eigenvalue weighted by Crippen LogP contribution is -2.36. The average molecular weight is 297 g/mol. The highest BCUT2D eigenvalue weighted by Crippen LogP contribution is 2.37. The summed E-state index contributed by atoms with van der Waals surface area (Å²) in [5, 5.41) is 12.9. The number of benzene rings is 1. The molecule has 0 spiro atoms. The highest BCUT2D eigenvalue weighted by atomic mass is 35.5. The van der Waals surface area contributed by atoms with Gasteiger partial charge in [0.1, 0.15) is 5.41 Å². The number of amides is 1. The second-order valence-electron chi connectivity index (χ2n) is 4.84. The zero-order valence-electron chi connectivity index (χ0n) is 10.4. The maximum Gasteiger partial charge on any atom is 0.244 e. The van der Waals surface area contributed by atoms with Crippen LogP contribution in [0.3, 0.4) is 0 Å².